The number of rotatable bonds is 3. The Kier molecular flexibility index (Phi) is 2.53. The predicted octanol–water partition coefficient (Wildman–Crippen LogP) is 2.87. The van der Waals surface area contributed by atoms with E-state index in [1.54, 1.807) is 0 Å². The number of hydrogen-bond donors (Lipinski definition) is 2. The number of benzene rings is 1. The third-order valence-corrected chi connectivity index (χ3v) is 2.68. The second kappa shape index (κ2) is 3.70. The summed E-state index contributed by atoms with van der Waals surface area (Å²) in [6.45, 7) is 3.70. The number of hydrogen-bond acceptors (Lipinski definition) is 1. The van der Waals surface area contributed by atoms with Crippen molar-refractivity contribution in [3.63, 3.8) is 0 Å². The van der Waals surface area contributed by atoms with Gasteiger partial charge in [0.25, 0.3) is 0 Å². The largest absolute Gasteiger partial charge is 0.390 e. The van der Waals surface area contributed by atoms with Gasteiger partial charge in [0, 0.05) is 11.7 Å². The summed E-state index contributed by atoms with van der Waals surface area (Å²) in [5, 5.41) is 10.9. The molecule has 2 N–H and O–H groups in total. The Morgan fingerprint density at radius 1 is 1.27 bits per heavy atom. The fraction of sp³-hybridized carbons (Fsp3) is 0.385. The summed E-state index contributed by atoms with van der Waals surface area (Å²) in [7, 11) is 0. The Morgan fingerprint density at radius 2 is 2.07 bits per heavy atom. The number of aryl methyl sites for hydroxylation is 1. The van der Waals surface area contributed by atoms with Gasteiger partial charge in [0.15, 0.2) is 0 Å². The summed E-state index contributed by atoms with van der Waals surface area (Å²) < 4.78 is 0. The molecule has 2 nitrogen and oxygen atoms in total. The first-order valence-electron chi connectivity index (χ1n) is 5.34. The van der Waals surface area contributed by atoms with Crippen molar-refractivity contribution in [2.75, 3.05) is 0 Å². The topological polar surface area (TPSA) is 36.0 Å². The van der Waals surface area contributed by atoms with Crippen LogP contribution < -0.4 is 0 Å². The molecule has 0 aliphatic heterocycles. The minimum atomic E-state index is -0.589. The first-order chi connectivity index (χ1) is 7.06. The quantitative estimate of drug-likeness (QED) is 0.790. The van der Waals surface area contributed by atoms with E-state index in [2.05, 4.69) is 29.2 Å². The van der Waals surface area contributed by atoms with E-state index in [9.17, 15) is 5.11 Å². The number of aromatic amines is 1. The highest BCUT2D eigenvalue weighted by Crippen LogP contribution is 2.20. The fourth-order valence-corrected chi connectivity index (χ4v) is 1.80. The predicted molar refractivity (Wildman–Crippen MR) is 62.9 cm³/mol. The average molecular weight is 203 g/mol. The lowest BCUT2D eigenvalue weighted by atomic mass is 9.98. The van der Waals surface area contributed by atoms with E-state index in [4.69, 9.17) is 0 Å². The zero-order valence-corrected chi connectivity index (χ0v) is 9.25. The average Bonchev–Trinajstić information content (AvgIpc) is 2.61. The first-order valence-corrected chi connectivity index (χ1v) is 5.34. The molecule has 15 heavy (non-hydrogen) atoms. The van der Waals surface area contributed by atoms with Crippen LogP contribution >= 0.6 is 0 Å². The maximum atomic E-state index is 9.69. The van der Waals surface area contributed by atoms with E-state index >= 15 is 0 Å². The molecule has 1 aromatic heterocycles. The maximum absolute atomic E-state index is 9.69. The van der Waals surface area contributed by atoms with Gasteiger partial charge in [0.2, 0.25) is 0 Å². The molecule has 80 valence electrons. The van der Waals surface area contributed by atoms with Gasteiger partial charge in [-0.05, 0) is 43.7 Å². The molecule has 1 aromatic carbocycles. The SMILES string of the molecule is CC(C)(O)CCc1cccc2cc[nH]c12. The van der Waals surface area contributed by atoms with E-state index in [1.165, 1.54) is 16.5 Å². The number of aromatic nitrogens is 1. The minimum Gasteiger partial charge on any atom is -0.390 e. The molecule has 0 bridgehead atoms. The highest BCUT2D eigenvalue weighted by Gasteiger charge is 2.13. The number of nitrogens with one attached hydrogen (secondary N) is 1. The van der Waals surface area contributed by atoms with Crippen LogP contribution in [-0.2, 0) is 6.42 Å². The Morgan fingerprint density at radius 3 is 2.80 bits per heavy atom. The van der Waals surface area contributed by atoms with Crippen molar-refractivity contribution >= 4 is 10.9 Å². The summed E-state index contributed by atoms with van der Waals surface area (Å²) in [5.74, 6) is 0. The molecule has 0 aliphatic carbocycles. The van der Waals surface area contributed by atoms with Gasteiger partial charge in [-0.1, -0.05) is 18.2 Å². The Balaban J connectivity index is 2.24. The Bertz CT molecular complexity index is 451. The van der Waals surface area contributed by atoms with Crippen LogP contribution in [0.3, 0.4) is 0 Å². The minimum absolute atomic E-state index is 0.589. The Labute approximate surface area is 89.9 Å². The standard InChI is InChI=1S/C13H17NO/c1-13(2,15)8-6-10-4-3-5-11-7-9-14-12(10)11/h3-5,7,9,14-15H,6,8H2,1-2H3. The summed E-state index contributed by atoms with van der Waals surface area (Å²) in [5.41, 5.74) is 1.88. The first kappa shape index (κ1) is 10.2. The molecule has 1 heterocycles. The van der Waals surface area contributed by atoms with Crippen molar-refractivity contribution in [3.05, 3.63) is 36.0 Å². The molecule has 0 amide bonds. The van der Waals surface area contributed by atoms with E-state index in [0.29, 0.717) is 0 Å². The smallest absolute Gasteiger partial charge is 0.0595 e. The molecule has 0 radical (unpaired) electrons. The number of para-hydroxylation sites is 1. The molecule has 2 aromatic rings. The number of H-pyrrole nitrogens is 1. The molecule has 0 atom stereocenters. The van der Waals surface area contributed by atoms with Gasteiger partial charge in [-0.2, -0.15) is 0 Å². The van der Waals surface area contributed by atoms with E-state index in [1.807, 2.05) is 20.0 Å². The third-order valence-electron chi connectivity index (χ3n) is 2.68. The van der Waals surface area contributed by atoms with Crippen LogP contribution in [0.4, 0.5) is 0 Å². The van der Waals surface area contributed by atoms with E-state index in [0.717, 1.165) is 12.8 Å². The van der Waals surface area contributed by atoms with Crippen LogP contribution in [0.1, 0.15) is 25.8 Å². The van der Waals surface area contributed by atoms with Gasteiger partial charge < -0.3 is 10.1 Å². The molecule has 0 saturated carbocycles. The van der Waals surface area contributed by atoms with Crippen molar-refractivity contribution in [1.29, 1.82) is 0 Å². The lowest BCUT2D eigenvalue weighted by Gasteiger charge is -2.16. The van der Waals surface area contributed by atoms with Crippen molar-refractivity contribution in [2.45, 2.75) is 32.3 Å². The second-order valence-corrected chi connectivity index (χ2v) is 4.67. The van der Waals surface area contributed by atoms with Crippen LogP contribution in [0, 0.1) is 0 Å². The summed E-state index contributed by atoms with van der Waals surface area (Å²) in [6, 6.07) is 8.35. The molecule has 0 unspecified atom stereocenters. The van der Waals surface area contributed by atoms with Crippen molar-refractivity contribution in [2.24, 2.45) is 0 Å². The van der Waals surface area contributed by atoms with Crippen molar-refractivity contribution < 1.29 is 5.11 Å². The molecule has 0 saturated heterocycles. The maximum Gasteiger partial charge on any atom is 0.0595 e. The zero-order chi connectivity index (χ0) is 10.9. The molecule has 0 spiro atoms. The fourth-order valence-electron chi connectivity index (χ4n) is 1.80. The summed E-state index contributed by atoms with van der Waals surface area (Å²) in [4.78, 5) is 3.24. The zero-order valence-electron chi connectivity index (χ0n) is 9.25. The lowest BCUT2D eigenvalue weighted by Crippen LogP contribution is -2.19. The van der Waals surface area contributed by atoms with Gasteiger partial charge in [-0.15, -0.1) is 0 Å². The molecular weight excluding hydrogens is 186 g/mol. The molecule has 2 heteroatoms. The molecule has 0 aliphatic rings. The monoisotopic (exact) mass is 203 g/mol. The van der Waals surface area contributed by atoms with Crippen LogP contribution in [0.15, 0.2) is 30.5 Å². The number of fused-ring (bicyclic) bond motifs is 1. The van der Waals surface area contributed by atoms with Crippen LogP contribution in [-0.4, -0.2) is 15.7 Å². The van der Waals surface area contributed by atoms with Crippen molar-refractivity contribution in [3.8, 4) is 0 Å². The van der Waals surface area contributed by atoms with Gasteiger partial charge in [0.05, 0.1) is 5.60 Å². The summed E-state index contributed by atoms with van der Waals surface area (Å²) in [6.07, 6.45) is 3.64. The third kappa shape index (κ3) is 2.39. The van der Waals surface area contributed by atoms with Crippen LogP contribution in [0.2, 0.25) is 0 Å². The van der Waals surface area contributed by atoms with Crippen molar-refractivity contribution in [1.82, 2.24) is 4.98 Å². The molecule has 0 fully saturated rings. The lowest BCUT2D eigenvalue weighted by molar-refractivity contribution is 0.0715. The molecular formula is C13H17NO. The van der Waals surface area contributed by atoms with Crippen LogP contribution in [0.5, 0.6) is 0 Å². The van der Waals surface area contributed by atoms with Gasteiger partial charge in [-0.25, -0.2) is 0 Å². The van der Waals surface area contributed by atoms with E-state index < -0.39 is 5.60 Å². The Hall–Kier alpha value is -1.28. The van der Waals surface area contributed by atoms with Crippen LogP contribution in [0.25, 0.3) is 10.9 Å². The number of aliphatic hydroxyl groups is 1. The van der Waals surface area contributed by atoms with Gasteiger partial charge in [-0.3, -0.25) is 0 Å². The second-order valence-electron chi connectivity index (χ2n) is 4.67. The van der Waals surface area contributed by atoms with Gasteiger partial charge in [0.1, 0.15) is 0 Å². The van der Waals surface area contributed by atoms with E-state index in [-0.39, 0.29) is 0 Å². The van der Waals surface area contributed by atoms with Gasteiger partial charge >= 0.3 is 0 Å². The normalized spacial score (nSPS) is 12.2. The molecule has 2 rings (SSSR count). The highest BCUT2D eigenvalue weighted by molar-refractivity contribution is 5.82. The summed E-state index contributed by atoms with van der Waals surface area (Å²) >= 11 is 0. The highest BCUT2D eigenvalue weighted by atomic mass is 16.3.